The van der Waals surface area contributed by atoms with Crippen molar-refractivity contribution in [3.63, 3.8) is 0 Å². The number of carbonyl (C=O) groups is 3. The molecule has 0 aliphatic heterocycles. The quantitative estimate of drug-likeness (QED) is 0.682. The van der Waals surface area contributed by atoms with E-state index < -0.39 is 30.4 Å². The molecule has 1 heterocycles. The van der Waals surface area contributed by atoms with Gasteiger partial charge in [0.2, 0.25) is 0 Å². The normalized spacial score (nSPS) is 11.4. The van der Waals surface area contributed by atoms with Crippen LogP contribution in [0.1, 0.15) is 23.0 Å². The van der Waals surface area contributed by atoms with Gasteiger partial charge in [0.05, 0.1) is 12.8 Å². The van der Waals surface area contributed by atoms with Crippen LogP contribution >= 0.6 is 15.9 Å². The van der Waals surface area contributed by atoms with E-state index in [9.17, 15) is 14.4 Å². The first-order valence-electron chi connectivity index (χ1n) is 7.48. The van der Waals surface area contributed by atoms with Gasteiger partial charge in [-0.15, -0.1) is 0 Å². The van der Waals surface area contributed by atoms with E-state index >= 15 is 0 Å². The molecule has 132 valence electrons. The molecule has 2 rings (SSSR count). The van der Waals surface area contributed by atoms with E-state index in [1.807, 2.05) is 0 Å². The zero-order valence-electron chi connectivity index (χ0n) is 13.5. The average Bonchev–Trinajstić information content (AvgIpc) is 3.11. The first kappa shape index (κ1) is 18.7. The largest absolute Gasteiger partial charge is 0.467 e. The van der Waals surface area contributed by atoms with Gasteiger partial charge in [-0.25, -0.2) is 4.79 Å². The maximum Gasteiger partial charge on any atom is 0.328 e. The van der Waals surface area contributed by atoms with Crippen molar-refractivity contribution in [2.45, 2.75) is 19.5 Å². The Labute approximate surface area is 152 Å². The molecular weight excluding hydrogens is 392 g/mol. The van der Waals surface area contributed by atoms with Crippen molar-refractivity contribution in [3.05, 3.63) is 58.5 Å². The fraction of sp³-hybridized carbons (Fsp3) is 0.235. The van der Waals surface area contributed by atoms with Gasteiger partial charge in [-0.3, -0.25) is 9.59 Å². The Morgan fingerprint density at radius 1 is 1.20 bits per heavy atom. The van der Waals surface area contributed by atoms with Crippen LogP contribution in [-0.4, -0.2) is 30.4 Å². The summed E-state index contributed by atoms with van der Waals surface area (Å²) in [7, 11) is 0. The number of ether oxygens (including phenoxy) is 1. The van der Waals surface area contributed by atoms with E-state index in [1.54, 1.807) is 36.4 Å². The summed E-state index contributed by atoms with van der Waals surface area (Å²) in [5.74, 6) is -0.969. The predicted octanol–water partition coefficient (Wildman–Crippen LogP) is 2.02. The number of nitrogens with one attached hydrogen (secondary N) is 2. The van der Waals surface area contributed by atoms with Crippen molar-refractivity contribution in [1.82, 2.24) is 10.6 Å². The lowest BCUT2D eigenvalue weighted by Gasteiger charge is -2.13. The highest BCUT2D eigenvalue weighted by Gasteiger charge is 2.19. The smallest absolute Gasteiger partial charge is 0.328 e. The molecule has 1 atom stereocenters. The van der Waals surface area contributed by atoms with Gasteiger partial charge in [-0.05, 0) is 43.3 Å². The zero-order valence-corrected chi connectivity index (χ0v) is 15.0. The van der Waals surface area contributed by atoms with Crippen LogP contribution in [-0.2, 0) is 20.9 Å². The molecule has 0 unspecified atom stereocenters. The van der Waals surface area contributed by atoms with E-state index in [0.29, 0.717) is 11.3 Å². The Bertz CT molecular complexity index is 728. The third kappa shape index (κ3) is 6.07. The molecule has 0 aliphatic rings. The van der Waals surface area contributed by atoms with Gasteiger partial charge in [0.15, 0.2) is 6.61 Å². The van der Waals surface area contributed by atoms with Gasteiger partial charge in [0.1, 0.15) is 11.8 Å². The van der Waals surface area contributed by atoms with Crippen LogP contribution in [0.3, 0.4) is 0 Å². The van der Waals surface area contributed by atoms with Crippen molar-refractivity contribution < 1.29 is 23.5 Å². The van der Waals surface area contributed by atoms with E-state index in [2.05, 4.69) is 26.6 Å². The number of rotatable bonds is 7. The molecule has 2 N–H and O–H groups in total. The highest BCUT2D eigenvalue weighted by molar-refractivity contribution is 9.10. The van der Waals surface area contributed by atoms with Crippen LogP contribution in [0.4, 0.5) is 0 Å². The van der Waals surface area contributed by atoms with Gasteiger partial charge in [-0.2, -0.15) is 0 Å². The Balaban J connectivity index is 1.73. The van der Waals surface area contributed by atoms with Crippen molar-refractivity contribution in [2.24, 2.45) is 0 Å². The van der Waals surface area contributed by atoms with Gasteiger partial charge in [0, 0.05) is 10.0 Å². The molecule has 2 amide bonds. The minimum atomic E-state index is -0.881. The van der Waals surface area contributed by atoms with E-state index in [-0.39, 0.29) is 6.54 Å². The molecular formula is C17H17BrN2O5. The van der Waals surface area contributed by atoms with Crippen molar-refractivity contribution >= 4 is 33.7 Å². The lowest BCUT2D eigenvalue weighted by atomic mass is 10.2. The molecule has 1 aromatic heterocycles. The average molecular weight is 409 g/mol. The van der Waals surface area contributed by atoms with Gasteiger partial charge >= 0.3 is 5.97 Å². The molecule has 0 saturated carbocycles. The minimum absolute atomic E-state index is 0.208. The lowest BCUT2D eigenvalue weighted by Crippen LogP contribution is -2.40. The summed E-state index contributed by atoms with van der Waals surface area (Å²) in [5, 5.41) is 5.07. The number of carbonyl (C=O) groups excluding carboxylic acids is 3. The highest BCUT2D eigenvalue weighted by atomic mass is 79.9. The molecule has 25 heavy (non-hydrogen) atoms. The Morgan fingerprint density at radius 3 is 2.56 bits per heavy atom. The molecule has 8 heteroatoms. The number of furan rings is 1. The second kappa shape index (κ2) is 9.03. The van der Waals surface area contributed by atoms with E-state index in [1.165, 1.54) is 13.2 Å². The molecule has 7 nitrogen and oxygen atoms in total. The number of hydrogen-bond acceptors (Lipinski definition) is 5. The SMILES string of the molecule is C[C@H](NC(=O)c1ccc(Br)cc1)C(=O)OCC(=O)NCc1ccco1. The number of amides is 2. The number of halogens is 1. The van der Waals surface area contributed by atoms with Crippen LogP contribution in [0.25, 0.3) is 0 Å². The maximum atomic E-state index is 12.0. The molecule has 0 radical (unpaired) electrons. The van der Waals surface area contributed by atoms with Crippen LogP contribution in [0, 0.1) is 0 Å². The minimum Gasteiger partial charge on any atom is -0.467 e. The molecule has 0 saturated heterocycles. The molecule has 2 aromatic rings. The van der Waals surface area contributed by atoms with Crippen LogP contribution in [0.5, 0.6) is 0 Å². The maximum absolute atomic E-state index is 12.0. The summed E-state index contributed by atoms with van der Waals surface area (Å²) < 4.78 is 10.8. The lowest BCUT2D eigenvalue weighted by molar-refractivity contribution is -0.150. The topological polar surface area (TPSA) is 97.6 Å². The van der Waals surface area contributed by atoms with Gasteiger partial charge in [0.25, 0.3) is 11.8 Å². The first-order valence-corrected chi connectivity index (χ1v) is 8.27. The number of esters is 1. The van der Waals surface area contributed by atoms with Crippen molar-refractivity contribution in [1.29, 1.82) is 0 Å². The number of benzene rings is 1. The van der Waals surface area contributed by atoms with Crippen LogP contribution < -0.4 is 10.6 Å². The summed E-state index contributed by atoms with van der Waals surface area (Å²) in [6.07, 6.45) is 1.50. The zero-order chi connectivity index (χ0) is 18.2. The molecule has 0 fully saturated rings. The second-order valence-electron chi connectivity index (χ2n) is 5.17. The Kier molecular flexibility index (Phi) is 6.76. The molecule has 0 spiro atoms. The predicted molar refractivity (Wildman–Crippen MR) is 92.6 cm³/mol. The van der Waals surface area contributed by atoms with Crippen LogP contribution in [0.15, 0.2) is 51.6 Å². The standard InChI is InChI=1S/C17H17BrN2O5/c1-11(20-16(22)12-4-6-13(18)7-5-12)17(23)25-10-15(21)19-9-14-3-2-8-24-14/h2-8,11H,9-10H2,1H3,(H,19,21)(H,20,22)/t11-/m0/s1. The molecule has 0 aliphatic carbocycles. The summed E-state index contributed by atoms with van der Waals surface area (Å²) in [6.45, 7) is 1.26. The van der Waals surface area contributed by atoms with Gasteiger partial charge < -0.3 is 19.8 Å². The summed E-state index contributed by atoms with van der Waals surface area (Å²) in [5.41, 5.74) is 0.416. The molecule has 1 aromatic carbocycles. The third-order valence-corrected chi connectivity index (χ3v) is 3.72. The fourth-order valence-corrected chi connectivity index (χ4v) is 2.12. The second-order valence-corrected chi connectivity index (χ2v) is 6.08. The Morgan fingerprint density at radius 2 is 1.92 bits per heavy atom. The molecule has 0 bridgehead atoms. The highest BCUT2D eigenvalue weighted by Crippen LogP contribution is 2.10. The van der Waals surface area contributed by atoms with E-state index in [4.69, 9.17) is 9.15 Å². The first-order chi connectivity index (χ1) is 12.0. The fourth-order valence-electron chi connectivity index (χ4n) is 1.85. The summed E-state index contributed by atoms with van der Waals surface area (Å²) >= 11 is 3.28. The number of hydrogen-bond donors (Lipinski definition) is 2. The summed E-state index contributed by atoms with van der Waals surface area (Å²) in [6, 6.07) is 9.24. The third-order valence-electron chi connectivity index (χ3n) is 3.19. The van der Waals surface area contributed by atoms with Crippen molar-refractivity contribution in [2.75, 3.05) is 6.61 Å². The van der Waals surface area contributed by atoms with Gasteiger partial charge in [-0.1, -0.05) is 15.9 Å². The summed E-state index contributed by atoms with van der Waals surface area (Å²) in [4.78, 5) is 35.5. The Hall–Kier alpha value is -2.61. The monoisotopic (exact) mass is 408 g/mol. The van der Waals surface area contributed by atoms with E-state index in [0.717, 1.165) is 4.47 Å². The van der Waals surface area contributed by atoms with Crippen molar-refractivity contribution in [3.8, 4) is 0 Å². The van der Waals surface area contributed by atoms with Crippen LogP contribution in [0.2, 0.25) is 0 Å².